The maximum Gasteiger partial charge on any atom is 0.342 e. The standard InChI is InChI=1S/C20H20N2O6S/c1-12-7-13(29-11-21)5-6-15(12)22-19(23)10-28-20(24)14-8-17(26-3)18(27-4)9-16(14)25-2/h5-9H,10H2,1-4H3,(H,22,23). The van der Waals surface area contributed by atoms with Gasteiger partial charge in [-0.2, -0.15) is 5.26 Å². The van der Waals surface area contributed by atoms with E-state index in [1.807, 2.05) is 5.40 Å². The van der Waals surface area contributed by atoms with Crippen molar-refractivity contribution < 1.29 is 28.5 Å². The third kappa shape index (κ3) is 5.56. The number of thiocyanates is 1. The van der Waals surface area contributed by atoms with Crippen LogP contribution in [0.3, 0.4) is 0 Å². The number of thioether (sulfide) groups is 1. The molecule has 0 spiro atoms. The number of amides is 1. The third-order valence-electron chi connectivity index (χ3n) is 3.90. The SMILES string of the molecule is COc1cc(OC)c(C(=O)OCC(=O)Nc2ccc(SC#N)cc2C)cc1OC. The molecule has 29 heavy (non-hydrogen) atoms. The Morgan fingerprint density at radius 1 is 1.03 bits per heavy atom. The smallest absolute Gasteiger partial charge is 0.342 e. The minimum Gasteiger partial charge on any atom is -0.496 e. The molecule has 1 N–H and O–H groups in total. The van der Waals surface area contributed by atoms with Gasteiger partial charge in [0.05, 0.1) is 21.3 Å². The molecule has 0 aliphatic carbocycles. The van der Waals surface area contributed by atoms with Crippen molar-refractivity contribution in [1.29, 1.82) is 5.26 Å². The van der Waals surface area contributed by atoms with Crippen molar-refractivity contribution in [2.45, 2.75) is 11.8 Å². The second-order valence-corrected chi connectivity index (χ2v) is 6.56. The van der Waals surface area contributed by atoms with Crippen LogP contribution in [0.1, 0.15) is 15.9 Å². The lowest BCUT2D eigenvalue weighted by atomic mass is 10.1. The van der Waals surface area contributed by atoms with E-state index in [1.54, 1.807) is 25.1 Å². The molecule has 0 atom stereocenters. The molecule has 9 heteroatoms. The number of rotatable bonds is 8. The van der Waals surface area contributed by atoms with Gasteiger partial charge in [0.15, 0.2) is 18.1 Å². The van der Waals surface area contributed by atoms with E-state index in [9.17, 15) is 9.59 Å². The average molecular weight is 416 g/mol. The number of methoxy groups -OCH3 is 3. The average Bonchev–Trinajstić information content (AvgIpc) is 2.73. The zero-order valence-corrected chi connectivity index (χ0v) is 17.2. The fraction of sp³-hybridized carbons (Fsp3) is 0.250. The summed E-state index contributed by atoms with van der Waals surface area (Å²) in [4.78, 5) is 25.4. The van der Waals surface area contributed by atoms with Gasteiger partial charge in [-0.25, -0.2) is 4.79 Å². The van der Waals surface area contributed by atoms with E-state index in [4.69, 9.17) is 24.2 Å². The Morgan fingerprint density at radius 2 is 1.69 bits per heavy atom. The monoisotopic (exact) mass is 416 g/mol. The summed E-state index contributed by atoms with van der Waals surface area (Å²) in [5.74, 6) is -0.283. The van der Waals surface area contributed by atoms with Crippen molar-refractivity contribution in [1.82, 2.24) is 0 Å². The van der Waals surface area contributed by atoms with Crippen LogP contribution in [0.25, 0.3) is 0 Å². The van der Waals surface area contributed by atoms with Crippen LogP contribution in [-0.2, 0) is 9.53 Å². The summed E-state index contributed by atoms with van der Waals surface area (Å²) in [5, 5.41) is 13.4. The molecule has 0 aliphatic rings. The Hall–Kier alpha value is -3.38. The molecule has 0 radical (unpaired) electrons. The summed E-state index contributed by atoms with van der Waals surface area (Å²) < 4.78 is 20.7. The Kier molecular flexibility index (Phi) is 7.74. The van der Waals surface area contributed by atoms with Gasteiger partial charge in [-0.15, -0.1) is 0 Å². The Morgan fingerprint density at radius 3 is 2.28 bits per heavy atom. The molecule has 0 saturated carbocycles. The summed E-state index contributed by atoms with van der Waals surface area (Å²) >= 11 is 1.03. The fourth-order valence-electron chi connectivity index (χ4n) is 2.48. The van der Waals surface area contributed by atoms with Crippen molar-refractivity contribution >= 4 is 29.3 Å². The lowest BCUT2D eigenvalue weighted by molar-refractivity contribution is -0.119. The first-order valence-electron chi connectivity index (χ1n) is 8.37. The molecule has 0 saturated heterocycles. The third-order valence-corrected chi connectivity index (χ3v) is 4.48. The van der Waals surface area contributed by atoms with Crippen LogP contribution in [0.4, 0.5) is 5.69 Å². The van der Waals surface area contributed by atoms with Crippen molar-refractivity contribution in [3.05, 3.63) is 41.5 Å². The molecule has 8 nitrogen and oxygen atoms in total. The molecular formula is C20H20N2O6S. The van der Waals surface area contributed by atoms with E-state index < -0.39 is 18.5 Å². The number of nitriles is 1. The predicted molar refractivity (Wildman–Crippen MR) is 108 cm³/mol. The lowest BCUT2D eigenvalue weighted by Crippen LogP contribution is -2.21. The highest BCUT2D eigenvalue weighted by atomic mass is 32.2. The number of nitrogens with zero attached hydrogens (tertiary/aromatic N) is 1. The predicted octanol–water partition coefficient (Wildman–Crippen LogP) is 3.39. The maximum atomic E-state index is 12.4. The quantitative estimate of drug-likeness (QED) is 0.396. The van der Waals surface area contributed by atoms with Gasteiger partial charge in [-0.05, 0) is 42.4 Å². The van der Waals surface area contributed by atoms with Crippen LogP contribution in [0.5, 0.6) is 17.2 Å². The number of hydrogen-bond acceptors (Lipinski definition) is 8. The molecule has 0 aromatic heterocycles. The number of anilines is 1. The topological polar surface area (TPSA) is 107 Å². The molecule has 2 aromatic rings. The van der Waals surface area contributed by atoms with Crippen LogP contribution in [0, 0.1) is 17.6 Å². The van der Waals surface area contributed by atoms with Gasteiger partial charge in [-0.1, -0.05) is 0 Å². The van der Waals surface area contributed by atoms with Gasteiger partial charge >= 0.3 is 5.97 Å². The normalized spacial score (nSPS) is 9.90. The molecule has 0 bridgehead atoms. The Bertz CT molecular complexity index is 955. The van der Waals surface area contributed by atoms with Crippen molar-refractivity contribution in [2.24, 2.45) is 0 Å². The van der Waals surface area contributed by atoms with Crippen LogP contribution in [-0.4, -0.2) is 39.8 Å². The van der Waals surface area contributed by atoms with Crippen LogP contribution in [0.15, 0.2) is 35.2 Å². The van der Waals surface area contributed by atoms with Crippen LogP contribution < -0.4 is 19.5 Å². The first kappa shape index (κ1) is 21.9. The summed E-state index contributed by atoms with van der Waals surface area (Å²) in [7, 11) is 4.31. The summed E-state index contributed by atoms with van der Waals surface area (Å²) in [6.07, 6.45) is 0. The molecule has 0 aliphatic heterocycles. The number of carbonyl (C=O) groups excluding carboxylic acids is 2. The van der Waals surface area contributed by atoms with Crippen molar-refractivity contribution in [3.8, 4) is 22.6 Å². The Labute approximate surface area is 172 Å². The second-order valence-electron chi connectivity index (χ2n) is 5.70. The molecule has 152 valence electrons. The number of hydrogen-bond donors (Lipinski definition) is 1. The van der Waals surface area contributed by atoms with Gasteiger partial charge in [0.1, 0.15) is 16.7 Å². The number of nitrogens with one attached hydrogen (secondary N) is 1. The Balaban J connectivity index is 2.05. The first-order chi connectivity index (χ1) is 13.9. The fourth-order valence-corrected chi connectivity index (χ4v) is 2.95. The van der Waals surface area contributed by atoms with E-state index in [0.717, 1.165) is 22.2 Å². The molecule has 0 fully saturated rings. The summed E-state index contributed by atoms with van der Waals surface area (Å²) in [6, 6.07) is 8.11. The minimum absolute atomic E-state index is 0.104. The minimum atomic E-state index is -0.740. The largest absolute Gasteiger partial charge is 0.496 e. The zero-order valence-electron chi connectivity index (χ0n) is 16.4. The molecular weight excluding hydrogens is 396 g/mol. The number of aryl methyl sites for hydroxylation is 1. The maximum absolute atomic E-state index is 12.4. The van der Waals surface area contributed by atoms with E-state index in [-0.39, 0.29) is 11.3 Å². The molecule has 0 heterocycles. The van der Waals surface area contributed by atoms with Gasteiger partial charge in [-0.3, -0.25) is 4.79 Å². The van der Waals surface area contributed by atoms with E-state index in [2.05, 4.69) is 5.32 Å². The van der Waals surface area contributed by atoms with E-state index in [1.165, 1.54) is 33.5 Å². The highest BCUT2D eigenvalue weighted by Gasteiger charge is 2.20. The second kappa shape index (κ2) is 10.2. The number of carbonyl (C=O) groups is 2. The van der Waals surface area contributed by atoms with Crippen molar-refractivity contribution in [2.75, 3.05) is 33.3 Å². The van der Waals surface area contributed by atoms with Gasteiger partial charge < -0.3 is 24.3 Å². The number of ether oxygens (including phenoxy) is 4. The van der Waals surface area contributed by atoms with Gasteiger partial charge in [0, 0.05) is 22.7 Å². The van der Waals surface area contributed by atoms with Gasteiger partial charge in [0.2, 0.25) is 0 Å². The highest BCUT2D eigenvalue weighted by molar-refractivity contribution is 8.03. The van der Waals surface area contributed by atoms with Crippen LogP contribution in [0.2, 0.25) is 0 Å². The number of benzene rings is 2. The van der Waals surface area contributed by atoms with E-state index >= 15 is 0 Å². The van der Waals surface area contributed by atoms with Gasteiger partial charge in [0.25, 0.3) is 5.91 Å². The summed E-state index contributed by atoms with van der Waals surface area (Å²) in [6.45, 7) is 1.32. The molecule has 2 rings (SSSR count). The summed E-state index contributed by atoms with van der Waals surface area (Å²) in [5.41, 5.74) is 1.45. The zero-order chi connectivity index (χ0) is 21.4. The highest BCUT2D eigenvalue weighted by Crippen LogP contribution is 2.35. The number of esters is 1. The van der Waals surface area contributed by atoms with E-state index in [0.29, 0.717) is 17.2 Å². The first-order valence-corrected chi connectivity index (χ1v) is 9.18. The molecule has 1 amide bonds. The molecule has 2 aromatic carbocycles. The van der Waals surface area contributed by atoms with Crippen LogP contribution >= 0.6 is 11.8 Å². The van der Waals surface area contributed by atoms with Crippen molar-refractivity contribution in [3.63, 3.8) is 0 Å². The molecule has 0 unspecified atom stereocenters. The lowest BCUT2D eigenvalue weighted by Gasteiger charge is -2.14.